The average Bonchev–Trinajstić information content (AvgIpc) is 2.43. The van der Waals surface area contributed by atoms with Gasteiger partial charge in [-0.25, -0.2) is 0 Å². The summed E-state index contributed by atoms with van der Waals surface area (Å²) in [6, 6.07) is 11.8. The van der Waals surface area contributed by atoms with E-state index in [2.05, 4.69) is 6.92 Å². The van der Waals surface area contributed by atoms with E-state index in [1.807, 2.05) is 43.3 Å². The Balaban J connectivity index is 2.30. The molecule has 0 amide bonds. The van der Waals surface area contributed by atoms with Crippen LogP contribution >= 0.6 is 11.6 Å². The molecule has 0 aromatic heterocycles. The maximum Gasteiger partial charge on any atom is 0.130 e. The maximum atomic E-state index is 6.11. The summed E-state index contributed by atoms with van der Waals surface area (Å²) >= 11 is 6.11. The highest BCUT2D eigenvalue weighted by molar-refractivity contribution is 6.31. The van der Waals surface area contributed by atoms with Gasteiger partial charge in [-0.2, -0.15) is 0 Å². The van der Waals surface area contributed by atoms with E-state index in [1.165, 1.54) is 0 Å². The Labute approximate surface area is 119 Å². The quantitative estimate of drug-likeness (QED) is 0.894. The molecule has 3 heteroatoms. The molecule has 100 valence electrons. The number of benzene rings is 2. The van der Waals surface area contributed by atoms with Gasteiger partial charge in [0.15, 0.2) is 0 Å². The Hall–Kier alpha value is -1.51. The zero-order chi connectivity index (χ0) is 13.8. The molecule has 2 aromatic carbocycles. The standard InChI is InChI=1S/C16H18ClNO/c1-3-13-9-14(6-7-15(13)17)19-16-8-12(10-18)5-4-11(16)2/h4-9H,3,10,18H2,1-2H3. The Kier molecular flexibility index (Phi) is 4.46. The molecule has 0 fully saturated rings. The van der Waals surface area contributed by atoms with E-state index in [-0.39, 0.29) is 0 Å². The third-order valence-corrected chi connectivity index (χ3v) is 3.48. The predicted molar refractivity (Wildman–Crippen MR) is 80.0 cm³/mol. The summed E-state index contributed by atoms with van der Waals surface area (Å²) in [6.45, 7) is 4.61. The minimum absolute atomic E-state index is 0.511. The van der Waals surface area contributed by atoms with Gasteiger partial charge in [0, 0.05) is 11.6 Å². The molecular formula is C16H18ClNO. The molecule has 0 aliphatic heterocycles. The molecule has 0 aliphatic carbocycles. The van der Waals surface area contributed by atoms with Gasteiger partial charge in [-0.05, 0) is 54.3 Å². The summed E-state index contributed by atoms with van der Waals surface area (Å²) in [5.41, 5.74) is 8.89. The molecule has 0 heterocycles. The van der Waals surface area contributed by atoms with Gasteiger partial charge in [-0.15, -0.1) is 0 Å². The molecule has 2 rings (SSSR count). The molecule has 0 spiro atoms. The highest BCUT2D eigenvalue weighted by Crippen LogP contribution is 2.29. The third-order valence-electron chi connectivity index (χ3n) is 3.11. The molecule has 2 aromatic rings. The Morgan fingerprint density at radius 2 is 1.95 bits per heavy atom. The van der Waals surface area contributed by atoms with Crippen LogP contribution in [0.2, 0.25) is 5.02 Å². The van der Waals surface area contributed by atoms with Crippen molar-refractivity contribution in [1.82, 2.24) is 0 Å². The molecular weight excluding hydrogens is 258 g/mol. The van der Waals surface area contributed by atoms with Gasteiger partial charge in [0.2, 0.25) is 0 Å². The summed E-state index contributed by atoms with van der Waals surface area (Å²) in [6.07, 6.45) is 0.887. The number of aryl methyl sites for hydroxylation is 2. The van der Waals surface area contributed by atoms with Crippen LogP contribution in [0, 0.1) is 6.92 Å². The number of ether oxygens (including phenoxy) is 1. The van der Waals surface area contributed by atoms with E-state index in [0.29, 0.717) is 6.54 Å². The molecule has 2 N–H and O–H groups in total. The van der Waals surface area contributed by atoms with Gasteiger partial charge < -0.3 is 10.5 Å². The molecule has 0 bridgehead atoms. The minimum Gasteiger partial charge on any atom is -0.457 e. The van der Waals surface area contributed by atoms with Crippen molar-refractivity contribution in [1.29, 1.82) is 0 Å². The van der Waals surface area contributed by atoms with Crippen molar-refractivity contribution in [3.8, 4) is 11.5 Å². The van der Waals surface area contributed by atoms with Gasteiger partial charge >= 0.3 is 0 Å². The van der Waals surface area contributed by atoms with E-state index >= 15 is 0 Å². The second kappa shape index (κ2) is 6.09. The van der Waals surface area contributed by atoms with Crippen molar-refractivity contribution in [2.45, 2.75) is 26.8 Å². The second-order valence-electron chi connectivity index (χ2n) is 4.51. The molecule has 0 atom stereocenters. The van der Waals surface area contributed by atoms with Crippen molar-refractivity contribution < 1.29 is 4.74 Å². The van der Waals surface area contributed by atoms with Crippen molar-refractivity contribution in [2.75, 3.05) is 0 Å². The van der Waals surface area contributed by atoms with Crippen molar-refractivity contribution in [3.05, 3.63) is 58.1 Å². The Morgan fingerprint density at radius 3 is 2.63 bits per heavy atom. The molecule has 2 nitrogen and oxygen atoms in total. The number of nitrogens with two attached hydrogens (primary N) is 1. The Bertz CT molecular complexity index is 581. The van der Waals surface area contributed by atoms with Crippen LogP contribution in [0.3, 0.4) is 0 Å². The van der Waals surface area contributed by atoms with Crippen LogP contribution in [0.5, 0.6) is 11.5 Å². The number of rotatable bonds is 4. The first kappa shape index (κ1) is 13.9. The number of hydrogen-bond donors (Lipinski definition) is 1. The predicted octanol–water partition coefficient (Wildman–Crippen LogP) is 4.46. The zero-order valence-corrected chi connectivity index (χ0v) is 12.0. The first-order valence-corrected chi connectivity index (χ1v) is 6.77. The smallest absolute Gasteiger partial charge is 0.130 e. The van der Waals surface area contributed by atoms with Crippen LogP contribution in [0.15, 0.2) is 36.4 Å². The maximum absolute atomic E-state index is 6.11. The molecule has 19 heavy (non-hydrogen) atoms. The normalized spacial score (nSPS) is 10.5. The van der Waals surface area contributed by atoms with Crippen LogP contribution in [-0.4, -0.2) is 0 Å². The van der Waals surface area contributed by atoms with Crippen molar-refractivity contribution >= 4 is 11.6 Å². The van der Waals surface area contributed by atoms with E-state index in [0.717, 1.165) is 39.6 Å². The largest absolute Gasteiger partial charge is 0.457 e. The van der Waals surface area contributed by atoms with Crippen LogP contribution < -0.4 is 10.5 Å². The minimum atomic E-state index is 0.511. The second-order valence-corrected chi connectivity index (χ2v) is 4.92. The van der Waals surface area contributed by atoms with E-state index in [4.69, 9.17) is 22.1 Å². The van der Waals surface area contributed by atoms with E-state index < -0.39 is 0 Å². The summed E-state index contributed by atoms with van der Waals surface area (Å²) in [7, 11) is 0. The number of hydrogen-bond acceptors (Lipinski definition) is 2. The van der Waals surface area contributed by atoms with Crippen LogP contribution in [0.1, 0.15) is 23.6 Å². The lowest BCUT2D eigenvalue weighted by Gasteiger charge is -2.11. The van der Waals surface area contributed by atoms with Crippen LogP contribution in [0.25, 0.3) is 0 Å². The third kappa shape index (κ3) is 3.28. The first-order chi connectivity index (χ1) is 9.13. The average molecular weight is 276 g/mol. The summed E-state index contributed by atoms with van der Waals surface area (Å²) < 4.78 is 5.93. The van der Waals surface area contributed by atoms with Gasteiger partial charge in [0.05, 0.1) is 0 Å². The lowest BCUT2D eigenvalue weighted by Crippen LogP contribution is -1.97. The van der Waals surface area contributed by atoms with Crippen molar-refractivity contribution in [2.24, 2.45) is 5.73 Å². The van der Waals surface area contributed by atoms with Crippen molar-refractivity contribution in [3.63, 3.8) is 0 Å². The Morgan fingerprint density at radius 1 is 1.16 bits per heavy atom. The highest BCUT2D eigenvalue weighted by atomic mass is 35.5. The van der Waals surface area contributed by atoms with E-state index in [9.17, 15) is 0 Å². The molecule has 0 aliphatic rings. The zero-order valence-electron chi connectivity index (χ0n) is 11.2. The fraction of sp³-hybridized carbons (Fsp3) is 0.250. The topological polar surface area (TPSA) is 35.2 Å². The van der Waals surface area contributed by atoms with Gasteiger partial charge in [0.1, 0.15) is 11.5 Å². The summed E-state index contributed by atoms with van der Waals surface area (Å²) in [5, 5.41) is 0.780. The molecule has 0 saturated carbocycles. The van der Waals surface area contributed by atoms with Crippen LogP contribution in [0.4, 0.5) is 0 Å². The van der Waals surface area contributed by atoms with Gasteiger partial charge in [-0.1, -0.05) is 30.7 Å². The van der Waals surface area contributed by atoms with Crippen LogP contribution in [-0.2, 0) is 13.0 Å². The van der Waals surface area contributed by atoms with E-state index in [1.54, 1.807) is 0 Å². The summed E-state index contributed by atoms with van der Waals surface area (Å²) in [5.74, 6) is 1.64. The lowest BCUT2D eigenvalue weighted by molar-refractivity contribution is 0.477. The summed E-state index contributed by atoms with van der Waals surface area (Å²) in [4.78, 5) is 0. The fourth-order valence-electron chi connectivity index (χ4n) is 1.89. The first-order valence-electron chi connectivity index (χ1n) is 6.40. The number of halogens is 1. The molecule has 0 radical (unpaired) electrons. The molecule has 0 saturated heterocycles. The van der Waals surface area contributed by atoms with Gasteiger partial charge in [-0.3, -0.25) is 0 Å². The highest BCUT2D eigenvalue weighted by Gasteiger charge is 2.05. The molecule has 0 unspecified atom stereocenters. The fourth-order valence-corrected chi connectivity index (χ4v) is 2.15. The van der Waals surface area contributed by atoms with Gasteiger partial charge in [0.25, 0.3) is 0 Å². The monoisotopic (exact) mass is 275 g/mol. The lowest BCUT2D eigenvalue weighted by atomic mass is 10.1. The SMILES string of the molecule is CCc1cc(Oc2cc(CN)ccc2C)ccc1Cl.